The van der Waals surface area contributed by atoms with Crippen LogP contribution in [0.4, 0.5) is 0 Å². The second-order valence-corrected chi connectivity index (χ2v) is 9.50. The van der Waals surface area contributed by atoms with Crippen LogP contribution in [0.1, 0.15) is 11.3 Å². The Balaban J connectivity index is 1.28. The van der Waals surface area contributed by atoms with Crippen molar-refractivity contribution >= 4 is 33.9 Å². The molecule has 4 heterocycles. The zero-order valence-electron chi connectivity index (χ0n) is 18.2. The lowest BCUT2D eigenvalue weighted by Crippen LogP contribution is -2.24. The van der Waals surface area contributed by atoms with E-state index in [4.69, 9.17) is 8.83 Å². The Morgan fingerprint density at radius 1 is 0.914 bits per heavy atom. The van der Waals surface area contributed by atoms with Gasteiger partial charge in [0.05, 0.1) is 22.5 Å². The highest BCUT2D eigenvalue weighted by Crippen LogP contribution is 2.29. The van der Waals surface area contributed by atoms with E-state index in [0.29, 0.717) is 39.9 Å². The number of aromatic nitrogens is 5. The minimum Gasteiger partial charge on any atom is -0.444 e. The molecule has 4 aromatic heterocycles. The molecule has 8 nitrogen and oxygen atoms in total. The van der Waals surface area contributed by atoms with E-state index in [9.17, 15) is 4.79 Å². The van der Waals surface area contributed by atoms with Gasteiger partial charge in [0.25, 0.3) is 16.7 Å². The molecule has 0 aliphatic carbocycles. The average molecular weight is 500 g/mol. The minimum atomic E-state index is -0.171. The van der Waals surface area contributed by atoms with Gasteiger partial charge in [-0.3, -0.25) is 4.79 Å². The van der Waals surface area contributed by atoms with Crippen molar-refractivity contribution in [3.63, 3.8) is 0 Å². The Kier molecular flexibility index (Phi) is 5.73. The molecule has 0 spiro atoms. The van der Waals surface area contributed by atoms with Crippen molar-refractivity contribution in [2.45, 2.75) is 17.5 Å². The van der Waals surface area contributed by atoms with E-state index >= 15 is 0 Å². The minimum absolute atomic E-state index is 0.171. The van der Waals surface area contributed by atoms with E-state index in [1.165, 1.54) is 16.4 Å². The second-order valence-electron chi connectivity index (χ2n) is 7.63. The van der Waals surface area contributed by atoms with Gasteiger partial charge in [0.15, 0.2) is 5.69 Å². The number of hydrogen-bond acceptors (Lipinski definition) is 9. The molecular weight excluding hydrogens is 482 g/mol. The summed E-state index contributed by atoms with van der Waals surface area (Å²) in [5.41, 5.74) is 2.05. The lowest BCUT2D eigenvalue weighted by Gasteiger charge is -2.09. The lowest BCUT2D eigenvalue weighted by atomic mass is 10.1. The average Bonchev–Trinajstić information content (AvgIpc) is 3.67. The Hall–Kier alpha value is -4.02. The maximum atomic E-state index is 13.1. The van der Waals surface area contributed by atoms with Crippen molar-refractivity contribution in [3.8, 4) is 22.4 Å². The van der Waals surface area contributed by atoms with Crippen LogP contribution in [0.25, 0.3) is 33.1 Å². The van der Waals surface area contributed by atoms with Gasteiger partial charge < -0.3 is 8.83 Å². The molecule has 0 aliphatic heterocycles. The fourth-order valence-corrected chi connectivity index (χ4v) is 4.94. The summed E-state index contributed by atoms with van der Waals surface area (Å²) in [5, 5.41) is 16.6. The number of hydrogen-bond donors (Lipinski definition) is 0. The van der Waals surface area contributed by atoms with E-state index in [-0.39, 0.29) is 11.4 Å². The predicted molar refractivity (Wildman–Crippen MR) is 134 cm³/mol. The lowest BCUT2D eigenvalue weighted by molar-refractivity contribution is 0.462. The van der Waals surface area contributed by atoms with Gasteiger partial charge in [0.2, 0.25) is 5.89 Å². The summed E-state index contributed by atoms with van der Waals surface area (Å²) in [4.78, 5) is 18.6. The molecule has 35 heavy (non-hydrogen) atoms. The zero-order valence-corrected chi connectivity index (χ0v) is 19.8. The smallest absolute Gasteiger partial charge is 0.277 e. The summed E-state index contributed by atoms with van der Waals surface area (Å²) in [6.07, 6.45) is 1.63. The third-order valence-corrected chi connectivity index (χ3v) is 6.99. The fourth-order valence-electron chi connectivity index (χ4n) is 3.64. The van der Waals surface area contributed by atoms with Gasteiger partial charge in [0, 0.05) is 11.1 Å². The molecule has 2 aromatic carbocycles. The van der Waals surface area contributed by atoms with E-state index in [1.54, 1.807) is 23.7 Å². The van der Waals surface area contributed by atoms with Crippen LogP contribution in [0.5, 0.6) is 0 Å². The van der Waals surface area contributed by atoms with Crippen LogP contribution in [-0.4, -0.2) is 25.0 Å². The van der Waals surface area contributed by atoms with Crippen LogP contribution >= 0.6 is 23.1 Å². The Labute approximate surface area is 207 Å². The predicted octanol–water partition coefficient (Wildman–Crippen LogP) is 5.50. The first kappa shape index (κ1) is 21.5. The van der Waals surface area contributed by atoms with Gasteiger partial charge in [-0.1, -0.05) is 66.4 Å². The highest BCUT2D eigenvalue weighted by atomic mass is 32.2. The van der Waals surface area contributed by atoms with Crippen molar-refractivity contribution in [2.75, 3.05) is 0 Å². The van der Waals surface area contributed by atoms with Crippen LogP contribution in [0, 0.1) is 0 Å². The van der Waals surface area contributed by atoms with E-state index in [1.807, 2.05) is 66.0 Å². The number of nitrogens with zero attached hydrogens (tertiary/aromatic N) is 5. The van der Waals surface area contributed by atoms with Crippen molar-refractivity contribution in [1.29, 1.82) is 0 Å². The number of benzene rings is 2. The van der Waals surface area contributed by atoms with Crippen LogP contribution in [0.2, 0.25) is 0 Å². The highest BCUT2D eigenvalue weighted by molar-refractivity contribution is 7.98. The summed E-state index contributed by atoms with van der Waals surface area (Å²) in [5.74, 6) is 1.36. The number of oxazole rings is 1. The molecule has 0 unspecified atom stereocenters. The van der Waals surface area contributed by atoms with Crippen molar-refractivity contribution < 1.29 is 8.83 Å². The van der Waals surface area contributed by atoms with E-state index in [2.05, 4.69) is 20.3 Å². The summed E-state index contributed by atoms with van der Waals surface area (Å²) < 4.78 is 12.9. The highest BCUT2D eigenvalue weighted by Gasteiger charge is 2.18. The van der Waals surface area contributed by atoms with E-state index < -0.39 is 0 Å². The van der Waals surface area contributed by atoms with Gasteiger partial charge in [-0.2, -0.15) is 5.10 Å². The summed E-state index contributed by atoms with van der Waals surface area (Å²) in [7, 11) is 0. The SMILES string of the molecule is O=c1c2ccccc2c(-c2nnc(SCc3coc(-c4cccs4)n3)o2)nn1Cc1ccccc1. The number of thioether (sulfide) groups is 1. The molecule has 6 rings (SSSR count). The molecule has 0 bridgehead atoms. The van der Waals surface area contributed by atoms with Crippen LogP contribution in [-0.2, 0) is 12.3 Å². The van der Waals surface area contributed by atoms with Crippen LogP contribution in [0.3, 0.4) is 0 Å². The van der Waals surface area contributed by atoms with Gasteiger partial charge in [-0.15, -0.1) is 21.5 Å². The molecule has 0 saturated carbocycles. The molecule has 6 aromatic rings. The van der Waals surface area contributed by atoms with E-state index in [0.717, 1.165) is 16.1 Å². The molecule has 10 heteroatoms. The Morgan fingerprint density at radius 3 is 2.57 bits per heavy atom. The largest absolute Gasteiger partial charge is 0.444 e. The molecule has 0 aliphatic rings. The normalized spacial score (nSPS) is 11.3. The maximum Gasteiger partial charge on any atom is 0.277 e. The topological polar surface area (TPSA) is 99.8 Å². The monoisotopic (exact) mass is 499 g/mol. The third-order valence-electron chi connectivity index (χ3n) is 5.28. The van der Waals surface area contributed by atoms with Crippen molar-refractivity contribution in [3.05, 3.63) is 100.0 Å². The Morgan fingerprint density at radius 2 is 1.74 bits per heavy atom. The molecule has 0 atom stereocenters. The maximum absolute atomic E-state index is 13.1. The van der Waals surface area contributed by atoms with Crippen LogP contribution in [0.15, 0.2) is 97.2 Å². The molecule has 172 valence electrons. The third kappa shape index (κ3) is 4.41. The molecule has 0 N–H and O–H groups in total. The molecule has 0 saturated heterocycles. The van der Waals surface area contributed by atoms with Gasteiger partial charge in [-0.25, -0.2) is 9.67 Å². The fraction of sp³-hybridized carbons (Fsp3) is 0.0800. The molecule has 0 fully saturated rings. The zero-order chi connectivity index (χ0) is 23.6. The summed E-state index contributed by atoms with van der Waals surface area (Å²) in [6.45, 7) is 0.339. The number of fused-ring (bicyclic) bond motifs is 1. The van der Waals surface area contributed by atoms with Gasteiger partial charge in [0.1, 0.15) is 6.26 Å². The molecule has 0 amide bonds. The quantitative estimate of drug-likeness (QED) is 0.265. The molecular formula is C25H17N5O3S2. The van der Waals surface area contributed by atoms with Gasteiger partial charge >= 0.3 is 0 Å². The van der Waals surface area contributed by atoms with Crippen molar-refractivity contribution in [1.82, 2.24) is 25.0 Å². The first-order valence-electron chi connectivity index (χ1n) is 10.7. The number of thiophene rings is 1. The Bertz CT molecular complexity index is 1660. The van der Waals surface area contributed by atoms with Gasteiger partial charge in [-0.05, 0) is 23.1 Å². The molecule has 0 radical (unpaired) electrons. The van der Waals surface area contributed by atoms with Crippen LogP contribution < -0.4 is 5.56 Å². The number of rotatable bonds is 7. The second kappa shape index (κ2) is 9.32. The first-order valence-corrected chi connectivity index (χ1v) is 12.6. The van der Waals surface area contributed by atoms with Crippen molar-refractivity contribution in [2.24, 2.45) is 0 Å². The standard InChI is InChI=1S/C25H17N5O3S2/c31-24-19-10-5-4-9-18(19)21(29-30(24)13-16-7-2-1-3-8-16)23-27-28-25(33-23)35-15-17-14-32-22(26-17)20-11-6-12-34-20/h1-12,14H,13,15H2. The summed E-state index contributed by atoms with van der Waals surface area (Å²) >= 11 is 2.93. The first-order chi connectivity index (χ1) is 17.2. The summed E-state index contributed by atoms with van der Waals surface area (Å²) in [6, 6.07) is 20.9.